The smallest absolute Gasteiger partial charge is 0.407 e. The highest BCUT2D eigenvalue weighted by Crippen LogP contribution is 2.52. The monoisotopic (exact) mass is 390 g/mol. The fraction of sp³-hybridized carbons (Fsp3) is 0.550. The van der Waals surface area contributed by atoms with Crippen LogP contribution in [-0.4, -0.2) is 59.4 Å². The summed E-state index contributed by atoms with van der Waals surface area (Å²) >= 11 is 0. The van der Waals surface area contributed by atoms with Crippen LogP contribution in [0.5, 0.6) is 0 Å². The van der Waals surface area contributed by atoms with Crippen LogP contribution in [0.25, 0.3) is 0 Å². The van der Waals surface area contributed by atoms with Crippen LogP contribution in [0.3, 0.4) is 0 Å². The van der Waals surface area contributed by atoms with E-state index >= 15 is 0 Å². The van der Waals surface area contributed by atoms with Crippen molar-refractivity contribution in [1.29, 1.82) is 0 Å². The first kappa shape index (κ1) is 20.1. The second kappa shape index (κ2) is 8.18. The van der Waals surface area contributed by atoms with Gasteiger partial charge in [-0.15, -0.1) is 0 Å². The van der Waals surface area contributed by atoms with Gasteiger partial charge in [0, 0.05) is 5.92 Å². The summed E-state index contributed by atoms with van der Waals surface area (Å²) in [6, 6.07) is -0.724. The molecule has 1 unspecified atom stereocenters. The third-order valence-corrected chi connectivity index (χ3v) is 5.57. The molecule has 2 fully saturated rings. The Kier molecular flexibility index (Phi) is 5.88. The lowest BCUT2D eigenvalue weighted by molar-refractivity contribution is -0.164. The lowest BCUT2D eigenvalue weighted by Gasteiger charge is -2.47. The van der Waals surface area contributed by atoms with Gasteiger partial charge < -0.3 is 24.8 Å². The van der Waals surface area contributed by atoms with Gasteiger partial charge in [-0.1, -0.05) is 31.7 Å². The molecule has 1 aliphatic carbocycles. The minimum atomic E-state index is -0.815. The Morgan fingerprint density at radius 1 is 1.29 bits per heavy atom. The number of alkyl carbamates (subject to hydrolysis) is 1. The van der Waals surface area contributed by atoms with E-state index in [1.165, 1.54) is 17.1 Å². The lowest BCUT2D eigenvalue weighted by Crippen LogP contribution is -2.64. The minimum absolute atomic E-state index is 0.0201. The van der Waals surface area contributed by atoms with Crippen LogP contribution in [0.4, 0.5) is 4.79 Å². The van der Waals surface area contributed by atoms with E-state index in [4.69, 9.17) is 9.47 Å². The van der Waals surface area contributed by atoms with E-state index in [0.29, 0.717) is 12.0 Å². The number of hydrogen-bond acceptors (Lipinski definition) is 6. The molecule has 1 saturated heterocycles. The maximum Gasteiger partial charge on any atom is 0.407 e. The fourth-order valence-electron chi connectivity index (χ4n) is 4.55. The Hall–Kier alpha value is -2.61. The number of amides is 2. The quantitative estimate of drug-likeness (QED) is 0.385. The van der Waals surface area contributed by atoms with E-state index in [2.05, 4.69) is 18.5 Å². The first-order chi connectivity index (χ1) is 13.4. The third-order valence-electron chi connectivity index (χ3n) is 5.57. The molecule has 0 radical (unpaired) electrons. The zero-order chi connectivity index (χ0) is 20.4. The van der Waals surface area contributed by atoms with Crippen LogP contribution in [0, 0.1) is 11.8 Å². The van der Waals surface area contributed by atoms with Crippen LogP contribution < -0.4 is 5.32 Å². The molecule has 2 heterocycles. The third kappa shape index (κ3) is 3.32. The van der Waals surface area contributed by atoms with E-state index in [-0.39, 0.29) is 36.8 Å². The predicted octanol–water partition coefficient (Wildman–Crippen LogP) is 1.27. The standard InChI is InChI=1S/C20H26N2O6/c1-4-9-27-19(25)17-15-12(16-14(11(3)23)18(24)22(16)17)7-6-8-13(15)21-20(26)28-10-5-2/h4-5,11-14,16,23H,1-2,6-10H2,3H3,(H,21,26)/t11?,12-,13-,14+,16+/m0/s1. The largest absolute Gasteiger partial charge is 0.457 e. The van der Waals surface area contributed by atoms with Gasteiger partial charge in [0.25, 0.3) is 0 Å². The van der Waals surface area contributed by atoms with E-state index in [0.717, 1.165) is 12.8 Å². The van der Waals surface area contributed by atoms with Crippen molar-refractivity contribution in [3.8, 4) is 0 Å². The van der Waals surface area contributed by atoms with Gasteiger partial charge in [-0.2, -0.15) is 0 Å². The average molecular weight is 390 g/mol. The summed E-state index contributed by atoms with van der Waals surface area (Å²) in [5, 5.41) is 12.9. The van der Waals surface area contributed by atoms with Crippen LogP contribution in [0.1, 0.15) is 26.2 Å². The summed E-state index contributed by atoms with van der Waals surface area (Å²) in [6.45, 7) is 8.72. The number of esters is 1. The summed E-state index contributed by atoms with van der Waals surface area (Å²) in [7, 11) is 0. The van der Waals surface area contributed by atoms with Crippen LogP contribution in [0.15, 0.2) is 36.6 Å². The average Bonchev–Trinajstić information content (AvgIpc) is 2.95. The highest BCUT2D eigenvalue weighted by Gasteiger charge is 2.62. The Morgan fingerprint density at radius 3 is 2.61 bits per heavy atom. The van der Waals surface area contributed by atoms with E-state index in [9.17, 15) is 19.5 Å². The van der Waals surface area contributed by atoms with Gasteiger partial charge >= 0.3 is 12.1 Å². The molecule has 0 aromatic rings. The molecule has 152 valence electrons. The zero-order valence-electron chi connectivity index (χ0n) is 15.9. The first-order valence-corrected chi connectivity index (χ1v) is 9.49. The molecule has 0 aromatic heterocycles. The molecule has 8 nitrogen and oxygen atoms in total. The van der Waals surface area contributed by atoms with Crippen molar-refractivity contribution in [2.75, 3.05) is 13.2 Å². The van der Waals surface area contributed by atoms with Crippen molar-refractivity contribution in [2.45, 2.75) is 44.4 Å². The summed E-state index contributed by atoms with van der Waals surface area (Å²) in [5.41, 5.74) is 0.879. The van der Waals surface area contributed by atoms with Gasteiger partial charge in [0.15, 0.2) is 0 Å². The Labute approximate surface area is 163 Å². The molecule has 2 N–H and O–H groups in total. The predicted molar refractivity (Wildman–Crippen MR) is 99.8 cm³/mol. The summed E-state index contributed by atoms with van der Waals surface area (Å²) in [6.07, 6.45) is 3.71. The molecular weight excluding hydrogens is 364 g/mol. The normalized spacial score (nSPS) is 29.2. The van der Waals surface area contributed by atoms with Crippen molar-refractivity contribution in [2.24, 2.45) is 11.8 Å². The molecule has 28 heavy (non-hydrogen) atoms. The van der Waals surface area contributed by atoms with Crippen molar-refractivity contribution in [3.05, 3.63) is 36.6 Å². The number of ether oxygens (including phenoxy) is 2. The summed E-state index contributed by atoms with van der Waals surface area (Å²) < 4.78 is 10.2. The Bertz CT molecular complexity index is 728. The number of β-lactam (4-membered cyclic amide) rings is 1. The minimum Gasteiger partial charge on any atom is -0.457 e. The van der Waals surface area contributed by atoms with Gasteiger partial charge in [-0.05, 0) is 25.3 Å². The van der Waals surface area contributed by atoms with Crippen LogP contribution in [-0.2, 0) is 19.1 Å². The molecule has 0 bridgehead atoms. The van der Waals surface area contributed by atoms with Gasteiger partial charge in [-0.3, -0.25) is 4.79 Å². The zero-order valence-corrected chi connectivity index (χ0v) is 15.9. The number of nitrogens with one attached hydrogen (secondary N) is 1. The number of fused-ring (bicyclic) bond motifs is 3. The second-order valence-electron chi connectivity index (χ2n) is 7.28. The van der Waals surface area contributed by atoms with Crippen LogP contribution in [0.2, 0.25) is 0 Å². The molecule has 3 aliphatic rings. The number of carbonyl (C=O) groups excluding carboxylic acids is 3. The molecule has 2 amide bonds. The van der Waals surface area contributed by atoms with Gasteiger partial charge in [0.1, 0.15) is 18.9 Å². The lowest BCUT2D eigenvalue weighted by atomic mass is 9.71. The topological polar surface area (TPSA) is 105 Å². The van der Waals surface area contributed by atoms with Crippen molar-refractivity contribution >= 4 is 18.0 Å². The van der Waals surface area contributed by atoms with Crippen molar-refractivity contribution in [3.63, 3.8) is 0 Å². The molecule has 8 heteroatoms. The number of hydrogen-bond donors (Lipinski definition) is 2. The highest BCUT2D eigenvalue weighted by molar-refractivity contribution is 6.01. The molecular formula is C20H26N2O6. The number of nitrogens with zero attached hydrogens (tertiary/aromatic N) is 1. The molecule has 2 aliphatic heterocycles. The Morgan fingerprint density at radius 2 is 1.96 bits per heavy atom. The number of carbonyl (C=O) groups is 3. The maximum atomic E-state index is 12.7. The summed E-state index contributed by atoms with van der Waals surface area (Å²) in [4.78, 5) is 38.9. The second-order valence-corrected chi connectivity index (χ2v) is 7.28. The Balaban J connectivity index is 1.93. The molecule has 1 saturated carbocycles. The first-order valence-electron chi connectivity index (χ1n) is 9.49. The SMILES string of the molecule is C=CCOC(=O)N[C@H]1CCC[C@H]2C1=C(C(=O)OCC=C)N1C(=O)[C@H](C(C)O)[C@@H]21. The van der Waals surface area contributed by atoms with E-state index in [1.807, 2.05) is 0 Å². The van der Waals surface area contributed by atoms with Gasteiger partial charge in [0.05, 0.1) is 24.1 Å². The van der Waals surface area contributed by atoms with Crippen molar-refractivity contribution < 1.29 is 29.0 Å². The number of aliphatic hydroxyl groups excluding tert-OH is 1. The van der Waals surface area contributed by atoms with Gasteiger partial charge in [-0.25, -0.2) is 9.59 Å². The molecule has 3 rings (SSSR count). The highest BCUT2D eigenvalue weighted by atomic mass is 16.5. The van der Waals surface area contributed by atoms with E-state index in [1.54, 1.807) is 6.92 Å². The van der Waals surface area contributed by atoms with Crippen molar-refractivity contribution in [1.82, 2.24) is 10.2 Å². The summed E-state index contributed by atoms with van der Waals surface area (Å²) in [5.74, 6) is -1.58. The number of aliphatic hydroxyl groups is 1. The maximum absolute atomic E-state index is 12.7. The fourth-order valence-corrected chi connectivity index (χ4v) is 4.55. The van der Waals surface area contributed by atoms with E-state index < -0.39 is 30.1 Å². The number of rotatable bonds is 7. The van der Waals surface area contributed by atoms with Crippen LogP contribution >= 0.6 is 0 Å². The molecule has 0 aromatic carbocycles. The molecule has 5 atom stereocenters. The van der Waals surface area contributed by atoms with Gasteiger partial charge in [0.2, 0.25) is 5.91 Å². The molecule has 0 spiro atoms.